The molecular weight excluding hydrogens is 294 g/mol. The third kappa shape index (κ3) is 3.56. The first-order chi connectivity index (χ1) is 8.66. The van der Waals surface area contributed by atoms with Gasteiger partial charge in [-0.05, 0) is 43.5 Å². The van der Waals surface area contributed by atoms with Gasteiger partial charge in [-0.1, -0.05) is 34.1 Å². The number of likely N-dealkylation sites (tertiary alicyclic amines) is 1. The van der Waals surface area contributed by atoms with Crippen LogP contribution in [0.2, 0.25) is 0 Å². The van der Waals surface area contributed by atoms with Gasteiger partial charge in [-0.25, -0.2) is 0 Å². The van der Waals surface area contributed by atoms with E-state index in [0.717, 1.165) is 25.9 Å². The van der Waals surface area contributed by atoms with Crippen molar-refractivity contribution >= 4 is 21.9 Å². The number of carboxylic acid groups (broad SMARTS) is 1. The predicted octanol–water partition coefficient (Wildman–Crippen LogP) is 3.10. The number of piperidine rings is 1. The first-order valence-electron chi connectivity index (χ1n) is 6.35. The smallest absolute Gasteiger partial charge is 0.304 e. The molecule has 1 aliphatic rings. The Morgan fingerprint density at radius 2 is 2.00 bits per heavy atom. The monoisotopic (exact) mass is 311 g/mol. The highest BCUT2D eigenvalue weighted by Crippen LogP contribution is 2.32. The first kappa shape index (κ1) is 13.6. The van der Waals surface area contributed by atoms with Crippen LogP contribution in [0.4, 0.5) is 0 Å². The summed E-state index contributed by atoms with van der Waals surface area (Å²) in [6, 6.07) is 8.39. The fourth-order valence-electron chi connectivity index (χ4n) is 2.53. The number of carbonyl (C=O) groups is 1. The Balaban J connectivity index is 1.87. The maximum absolute atomic E-state index is 10.5. The summed E-state index contributed by atoms with van der Waals surface area (Å²) in [6.45, 7) is 2.68. The number of benzene rings is 1. The van der Waals surface area contributed by atoms with Crippen LogP contribution in [0.15, 0.2) is 28.7 Å². The first-order valence-corrected chi connectivity index (χ1v) is 7.14. The van der Waals surface area contributed by atoms with Gasteiger partial charge in [0.1, 0.15) is 0 Å². The molecule has 0 aliphatic carbocycles. The number of nitrogens with zero attached hydrogens (tertiary/aromatic N) is 1. The van der Waals surface area contributed by atoms with Gasteiger partial charge in [-0.2, -0.15) is 0 Å². The van der Waals surface area contributed by atoms with Gasteiger partial charge in [-0.15, -0.1) is 0 Å². The third-order valence-electron chi connectivity index (χ3n) is 3.57. The summed E-state index contributed by atoms with van der Waals surface area (Å²) in [4.78, 5) is 12.8. The second-order valence-electron chi connectivity index (χ2n) is 4.78. The maximum atomic E-state index is 10.5. The van der Waals surface area contributed by atoms with Crippen LogP contribution in [-0.4, -0.2) is 35.6 Å². The van der Waals surface area contributed by atoms with E-state index in [4.69, 9.17) is 5.11 Å². The number of halogens is 1. The average molecular weight is 312 g/mol. The van der Waals surface area contributed by atoms with Crippen LogP contribution >= 0.6 is 15.9 Å². The quantitative estimate of drug-likeness (QED) is 0.929. The summed E-state index contributed by atoms with van der Waals surface area (Å²) < 4.78 is 1.19. The molecule has 3 nitrogen and oxygen atoms in total. The Hall–Kier alpha value is -0.870. The van der Waals surface area contributed by atoms with Crippen molar-refractivity contribution in [2.45, 2.75) is 25.2 Å². The van der Waals surface area contributed by atoms with Gasteiger partial charge in [0.15, 0.2) is 0 Å². The summed E-state index contributed by atoms with van der Waals surface area (Å²) in [7, 11) is 0. The molecule has 2 rings (SSSR count). The second-order valence-corrected chi connectivity index (χ2v) is 5.64. The van der Waals surface area contributed by atoms with Gasteiger partial charge >= 0.3 is 5.97 Å². The van der Waals surface area contributed by atoms with Crippen LogP contribution in [0.3, 0.4) is 0 Å². The SMILES string of the molecule is O=C(O)CCN1CCC(c2ccccc2Br)CC1. The number of aliphatic carboxylic acids is 1. The molecule has 1 saturated heterocycles. The summed E-state index contributed by atoms with van der Waals surface area (Å²) in [6.07, 6.45) is 2.48. The van der Waals surface area contributed by atoms with E-state index in [1.54, 1.807) is 0 Å². The van der Waals surface area contributed by atoms with Gasteiger partial charge in [0, 0.05) is 11.0 Å². The molecule has 0 saturated carbocycles. The van der Waals surface area contributed by atoms with E-state index in [-0.39, 0.29) is 6.42 Å². The average Bonchev–Trinajstić information content (AvgIpc) is 2.38. The van der Waals surface area contributed by atoms with Crippen LogP contribution in [0.25, 0.3) is 0 Å². The van der Waals surface area contributed by atoms with E-state index in [1.807, 2.05) is 6.07 Å². The van der Waals surface area contributed by atoms with Gasteiger partial charge in [0.2, 0.25) is 0 Å². The molecule has 0 spiro atoms. The van der Waals surface area contributed by atoms with Crippen LogP contribution < -0.4 is 0 Å². The predicted molar refractivity (Wildman–Crippen MR) is 74.8 cm³/mol. The molecule has 0 atom stereocenters. The lowest BCUT2D eigenvalue weighted by molar-refractivity contribution is -0.137. The van der Waals surface area contributed by atoms with Crippen molar-refractivity contribution in [3.05, 3.63) is 34.3 Å². The van der Waals surface area contributed by atoms with E-state index >= 15 is 0 Å². The van der Waals surface area contributed by atoms with Crippen LogP contribution in [0, 0.1) is 0 Å². The lowest BCUT2D eigenvalue weighted by Crippen LogP contribution is -2.34. The summed E-state index contributed by atoms with van der Waals surface area (Å²) >= 11 is 3.61. The Morgan fingerprint density at radius 3 is 2.61 bits per heavy atom. The lowest BCUT2D eigenvalue weighted by atomic mass is 9.89. The normalized spacial score (nSPS) is 17.8. The van der Waals surface area contributed by atoms with Crippen LogP contribution in [-0.2, 0) is 4.79 Å². The molecule has 0 radical (unpaired) electrons. The van der Waals surface area contributed by atoms with Crippen molar-refractivity contribution in [1.29, 1.82) is 0 Å². The van der Waals surface area contributed by atoms with Crippen molar-refractivity contribution in [3.63, 3.8) is 0 Å². The molecule has 1 aromatic rings. The molecule has 1 N–H and O–H groups in total. The molecule has 0 unspecified atom stereocenters. The Bertz CT molecular complexity index is 414. The second kappa shape index (κ2) is 6.34. The highest BCUT2D eigenvalue weighted by molar-refractivity contribution is 9.10. The van der Waals surface area contributed by atoms with Gasteiger partial charge in [0.05, 0.1) is 6.42 Å². The summed E-state index contributed by atoms with van der Waals surface area (Å²) in [5.74, 6) is -0.107. The molecule has 98 valence electrons. The fraction of sp³-hybridized carbons (Fsp3) is 0.500. The Kier molecular flexibility index (Phi) is 4.78. The maximum Gasteiger partial charge on any atom is 0.304 e. The minimum Gasteiger partial charge on any atom is -0.481 e. The van der Waals surface area contributed by atoms with Crippen molar-refractivity contribution in [2.24, 2.45) is 0 Å². The fourth-order valence-corrected chi connectivity index (χ4v) is 3.14. The van der Waals surface area contributed by atoms with E-state index in [1.165, 1.54) is 10.0 Å². The lowest BCUT2D eigenvalue weighted by Gasteiger charge is -2.32. The largest absolute Gasteiger partial charge is 0.481 e. The standard InChI is InChI=1S/C14H18BrNO2/c15-13-4-2-1-3-12(13)11-5-8-16(9-6-11)10-7-14(17)18/h1-4,11H,5-10H2,(H,17,18). The van der Waals surface area contributed by atoms with E-state index < -0.39 is 5.97 Å². The molecular formula is C14H18BrNO2. The minimum atomic E-state index is -0.706. The summed E-state index contributed by atoms with van der Waals surface area (Å²) in [5, 5.41) is 8.68. The number of hydrogen-bond donors (Lipinski definition) is 1. The zero-order valence-corrected chi connectivity index (χ0v) is 11.9. The zero-order valence-electron chi connectivity index (χ0n) is 10.3. The van der Waals surface area contributed by atoms with Crippen molar-refractivity contribution in [1.82, 2.24) is 4.90 Å². The Labute approximate surface area is 116 Å². The highest BCUT2D eigenvalue weighted by atomic mass is 79.9. The topological polar surface area (TPSA) is 40.5 Å². The minimum absolute atomic E-state index is 0.250. The molecule has 0 aromatic heterocycles. The Morgan fingerprint density at radius 1 is 1.33 bits per heavy atom. The number of hydrogen-bond acceptors (Lipinski definition) is 2. The third-order valence-corrected chi connectivity index (χ3v) is 4.30. The number of carboxylic acids is 1. The summed E-state index contributed by atoms with van der Waals surface area (Å²) in [5.41, 5.74) is 1.38. The molecule has 1 aliphatic heterocycles. The number of rotatable bonds is 4. The van der Waals surface area contributed by atoms with Crippen molar-refractivity contribution < 1.29 is 9.90 Å². The van der Waals surface area contributed by atoms with Crippen molar-refractivity contribution in [3.8, 4) is 0 Å². The zero-order chi connectivity index (χ0) is 13.0. The molecule has 4 heteroatoms. The molecule has 1 aromatic carbocycles. The molecule has 1 heterocycles. The van der Waals surface area contributed by atoms with Crippen molar-refractivity contribution in [2.75, 3.05) is 19.6 Å². The van der Waals surface area contributed by atoms with E-state index in [9.17, 15) is 4.79 Å². The molecule has 18 heavy (non-hydrogen) atoms. The van der Waals surface area contributed by atoms with Gasteiger partial charge in [-0.3, -0.25) is 4.79 Å². The molecule has 0 amide bonds. The molecule has 1 fully saturated rings. The van der Waals surface area contributed by atoms with E-state index in [0.29, 0.717) is 12.5 Å². The molecule has 0 bridgehead atoms. The van der Waals surface area contributed by atoms with E-state index in [2.05, 4.69) is 39.0 Å². The van der Waals surface area contributed by atoms with Crippen LogP contribution in [0.1, 0.15) is 30.7 Å². The van der Waals surface area contributed by atoms with Gasteiger partial charge in [0.25, 0.3) is 0 Å². The van der Waals surface area contributed by atoms with Crippen LogP contribution in [0.5, 0.6) is 0 Å². The highest BCUT2D eigenvalue weighted by Gasteiger charge is 2.21. The van der Waals surface area contributed by atoms with Gasteiger partial charge < -0.3 is 10.0 Å².